The van der Waals surface area contributed by atoms with Crippen LogP contribution in [0, 0.1) is 0 Å². The lowest BCUT2D eigenvalue weighted by atomic mass is 10.1. The number of halogens is 2. The molecule has 38 heavy (non-hydrogen) atoms. The van der Waals surface area contributed by atoms with Gasteiger partial charge in [0.1, 0.15) is 0 Å². The Morgan fingerprint density at radius 1 is 0.605 bits per heavy atom. The average molecular weight is 596 g/mol. The van der Waals surface area contributed by atoms with Crippen molar-refractivity contribution in [1.29, 1.82) is 0 Å². The van der Waals surface area contributed by atoms with Gasteiger partial charge in [0.15, 0.2) is 10.2 Å². The summed E-state index contributed by atoms with van der Waals surface area (Å²) in [5, 5.41) is 10.1. The van der Waals surface area contributed by atoms with Gasteiger partial charge in [-0.05, 0) is 96.9 Å². The zero-order valence-corrected chi connectivity index (χ0v) is 23.6. The highest BCUT2D eigenvalue weighted by Gasteiger charge is 2.09. The third-order valence-corrected chi connectivity index (χ3v) is 6.10. The van der Waals surface area contributed by atoms with E-state index in [2.05, 4.69) is 21.3 Å². The molecule has 0 aliphatic rings. The van der Waals surface area contributed by atoms with E-state index in [0.29, 0.717) is 35.3 Å². The number of rotatable bonds is 13. The summed E-state index contributed by atoms with van der Waals surface area (Å²) in [5.41, 5.74) is 1.78. The second-order valence-electron chi connectivity index (χ2n) is 8.33. The van der Waals surface area contributed by atoms with Gasteiger partial charge in [0.2, 0.25) is 11.8 Å². The molecule has 0 aliphatic heterocycles. The van der Waals surface area contributed by atoms with Crippen molar-refractivity contribution in [3.63, 3.8) is 0 Å². The molecular weight excluding hydrogens is 567 g/mol. The van der Waals surface area contributed by atoms with Gasteiger partial charge in [-0.25, -0.2) is 0 Å². The average Bonchev–Trinajstić information content (AvgIpc) is 2.85. The molecule has 2 aromatic rings. The summed E-state index contributed by atoms with van der Waals surface area (Å²) in [5.74, 6) is -0.372. The van der Waals surface area contributed by atoms with Crippen LogP contribution in [0.5, 0.6) is 0 Å². The number of nitrogens with one attached hydrogen (secondary N) is 4. The van der Waals surface area contributed by atoms with E-state index in [0.717, 1.165) is 38.5 Å². The molecule has 0 unspecified atom stereocenters. The molecule has 0 atom stereocenters. The Kier molecular flexibility index (Phi) is 13.9. The summed E-state index contributed by atoms with van der Waals surface area (Å²) in [6.07, 6.45) is 5.81. The molecular formula is C26H28Cl2N4O4S2. The zero-order chi connectivity index (χ0) is 27.9. The van der Waals surface area contributed by atoms with E-state index in [4.69, 9.17) is 47.6 Å². The summed E-state index contributed by atoms with van der Waals surface area (Å²) < 4.78 is 0. The number of anilines is 2. The topological polar surface area (TPSA) is 116 Å². The number of carbonyl (C=O) groups is 4. The maximum Gasteiger partial charge on any atom is 0.252 e. The quantitative estimate of drug-likeness (QED) is 0.129. The zero-order valence-electron chi connectivity index (χ0n) is 20.5. The summed E-state index contributed by atoms with van der Waals surface area (Å²) in [6.45, 7) is 0. The first-order valence-corrected chi connectivity index (χ1v) is 13.5. The second-order valence-corrected chi connectivity index (χ2v) is 9.84. The van der Waals surface area contributed by atoms with Crippen LogP contribution >= 0.6 is 47.6 Å². The molecule has 0 saturated heterocycles. The summed E-state index contributed by atoms with van der Waals surface area (Å²) in [4.78, 5) is 46.6. The van der Waals surface area contributed by atoms with Crippen LogP contribution in [0.15, 0.2) is 48.5 Å². The fourth-order valence-electron chi connectivity index (χ4n) is 3.42. The number of hydrogen-bond donors (Lipinski definition) is 4. The van der Waals surface area contributed by atoms with Gasteiger partial charge in [-0.3, -0.25) is 19.2 Å². The number of thiocarbonyl (C=S) groups is 2. The summed E-state index contributed by atoms with van der Waals surface area (Å²) in [7, 11) is 0. The van der Waals surface area contributed by atoms with Crippen LogP contribution in [-0.4, -0.2) is 32.5 Å². The highest BCUT2D eigenvalue weighted by molar-refractivity contribution is 7.80. The molecule has 0 saturated carbocycles. The van der Waals surface area contributed by atoms with Crippen LogP contribution in [-0.2, 0) is 9.59 Å². The Labute approximate surface area is 242 Å². The molecule has 2 aromatic carbocycles. The lowest BCUT2D eigenvalue weighted by Crippen LogP contribution is -2.34. The minimum Gasteiger partial charge on any atom is -0.332 e. The Bertz CT molecular complexity index is 1100. The molecule has 0 heterocycles. The van der Waals surface area contributed by atoms with Crippen molar-refractivity contribution in [2.24, 2.45) is 0 Å². The number of benzene rings is 2. The molecule has 2 rings (SSSR count). The Morgan fingerprint density at radius 2 is 0.974 bits per heavy atom. The first-order chi connectivity index (χ1) is 18.1. The van der Waals surface area contributed by atoms with E-state index < -0.39 is 10.5 Å². The van der Waals surface area contributed by atoms with Crippen molar-refractivity contribution in [3.05, 3.63) is 59.7 Å². The van der Waals surface area contributed by atoms with E-state index in [-0.39, 0.29) is 22.0 Å². The van der Waals surface area contributed by atoms with Crippen molar-refractivity contribution < 1.29 is 19.2 Å². The maximum atomic E-state index is 12.1. The van der Waals surface area contributed by atoms with Gasteiger partial charge >= 0.3 is 0 Å². The van der Waals surface area contributed by atoms with Crippen LogP contribution in [0.25, 0.3) is 0 Å². The van der Waals surface area contributed by atoms with Gasteiger partial charge in [-0.1, -0.05) is 37.8 Å². The van der Waals surface area contributed by atoms with Crippen LogP contribution < -0.4 is 21.3 Å². The van der Waals surface area contributed by atoms with E-state index in [1.807, 2.05) is 0 Å². The molecule has 0 spiro atoms. The third-order valence-electron chi connectivity index (χ3n) is 5.26. The number of hydrogen-bond acceptors (Lipinski definition) is 6. The standard InChI is InChI=1S/C26H28Cl2N4O4S2/c27-23(35)17-9-7-11-19(15-17)29-25(37)31-21(33)13-5-3-1-2-4-6-14-22(34)32-26(38)30-20-12-8-10-18(16-20)24(28)36/h7-12,15-16H,1-6,13-14H2,(H2,29,31,33,37)(H2,30,32,34,38). The SMILES string of the molecule is O=C(CCCCCCCCC(=O)NC(=S)Nc1cccc(C(=O)Cl)c1)NC(=S)Nc1cccc(C(=O)Cl)c1. The van der Waals surface area contributed by atoms with Crippen LogP contribution in [0.2, 0.25) is 0 Å². The van der Waals surface area contributed by atoms with Crippen molar-refractivity contribution >= 4 is 91.5 Å². The van der Waals surface area contributed by atoms with E-state index in [1.54, 1.807) is 48.5 Å². The fraction of sp³-hybridized carbons (Fsp3) is 0.308. The van der Waals surface area contributed by atoms with Gasteiger partial charge in [-0.15, -0.1) is 0 Å². The van der Waals surface area contributed by atoms with Gasteiger partial charge in [0, 0.05) is 35.3 Å². The van der Waals surface area contributed by atoms with Gasteiger partial charge in [0.25, 0.3) is 10.5 Å². The molecule has 12 heteroatoms. The predicted molar refractivity (Wildman–Crippen MR) is 159 cm³/mol. The van der Waals surface area contributed by atoms with Crippen molar-refractivity contribution in [2.45, 2.75) is 51.4 Å². The lowest BCUT2D eigenvalue weighted by Gasteiger charge is -2.10. The van der Waals surface area contributed by atoms with Crippen LogP contribution in [0.3, 0.4) is 0 Å². The first-order valence-electron chi connectivity index (χ1n) is 12.0. The van der Waals surface area contributed by atoms with Crippen molar-refractivity contribution in [1.82, 2.24) is 10.6 Å². The molecule has 0 radical (unpaired) electrons. The lowest BCUT2D eigenvalue weighted by molar-refractivity contribution is -0.120. The maximum absolute atomic E-state index is 12.1. The highest BCUT2D eigenvalue weighted by Crippen LogP contribution is 2.14. The van der Waals surface area contributed by atoms with Gasteiger partial charge in [0.05, 0.1) is 0 Å². The van der Waals surface area contributed by atoms with E-state index in [9.17, 15) is 19.2 Å². The minimum atomic E-state index is -0.575. The van der Waals surface area contributed by atoms with Crippen molar-refractivity contribution in [2.75, 3.05) is 10.6 Å². The summed E-state index contributed by atoms with van der Waals surface area (Å²) >= 11 is 21.2. The Morgan fingerprint density at radius 3 is 1.34 bits per heavy atom. The van der Waals surface area contributed by atoms with Gasteiger partial charge < -0.3 is 21.3 Å². The molecule has 0 aromatic heterocycles. The number of carbonyl (C=O) groups excluding carboxylic acids is 4. The van der Waals surface area contributed by atoms with Crippen LogP contribution in [0.1, 0.15) is 72.1 Å². The fourth-order valence-corrected chi connectivity index (χ4v) is 4.12. The molecule has 0 aliphatic carbocycles. The molecule has 0 fully saturated rings. The molecule has 202 valence electrons. The largest absolute Gasteiger partial charge is 0.332 e. The second kappa shape index (κ2) is 16.8. The van der Waals surface area contributed by atoms with Crippen molar-refractivity contribution in [3.8, 4) is 0 Å². The Hall–Kier alpha value is -2.92. The van der Waals surface area contributed by atoms with Crippen LogP contribution in [0.4, 0.5) is 11.4 Å². The monoisotopic (exact) mass is 594 g/mol. The molecule has 2 amide bonds. The smallest absolute Gasteiger partial charge is 0.252 e. The summed E-state index contributed by atoms with van der Waals surface area (Å²) in [6, 6.07) is 13.0. The minimum absolute atomic E-state index is 0.154. The molecule has 4 N–H and O–H groups in total. The third kappa shape index (κ3) is 12.6. The number of amides is 2. The predicted octanol–water partition coefficient (Wildman–Crippen LogP) is 5.89. The molecule has 8 nitrogen and oxygen atoms in total. The van der Waals surface area contributed by atoms with E-state index >= 15 is 0 Å². The van der Waals surface area contributed by atoms with E-state index in [1.165, 1.54) is 0 Å². The first kappa shape index (κ1) is 31.3. The van der Waals surface area contributed by atoms with Gasteiger partial charge in [-0.2, -0.15) is 0 Å². The number of unbranched alkanes of at least 4 members (excludes halogenated alkanes) is 5. The Balaban J connectivity index is 1.51. The normalized spacial score (nSPS) is 10.3. The highest BCUT2D eigenvalue weighted by atomic mass is 35.5. The molecule has 0 bridgehead atoms.